The van der Waals surface area contributed by atoms with Crippen molar-refractivity contribution in [3.63, 3.8) is 0 Å². The first kappa shape index (κ1) is 30.5. The molecule has 2 aromatic rings. The van der Waals surface area contributed by atoms with Crippen molar-refractivity contribution in [2.75, 3.05) is 5.32 Å². The maximum absolute atomic E-state index is 15.2. The SMILES string of the molecule is C[C@]12C[C@H](c3ccc(CNc4cccc(C(N)=O)c4)cc3)C3=C4CCC(=O)C=C4CCC3C1CC[C@@]2(O)C(F)(F)C(F)(F)F. The van der Waals surface area contributed by atoms with Gasteiger partial charge in [-0.05, 0) is 96.9 Å². The quantitative estimate of drug-likeness (QED) is 0.300. The van der Waals surface area contributed by atoms with E-state index in [1.54, 1.807) is 30.3 Å². The Morgan fingerprint density at radius 2 is 1.77 bits per heavy atom. The normalized spacial score (nSPS) is 30.3. The number of benzene rings is 2. The molecule has 44 heavy (non-hydrogen) atoms. The summed E-state index contributed by atoms with van der Waals surface area (Å²) in [5.74, 6) is -7.07. The van der Waals surface area contributed by atoms with Gasteiger partial charge in [0.2, 0.25) is 5.91 Å². The molecular weight excluding hydrogens is 579 g/mol. The Morgan fingerprint density at radius 1 is 1.05 bits per heavy atom. The molecular formula is C34H35F5N2O3. The van der Waals surface area contributed by atoms with Gasteiger partial charge in [-0.25, -0.2) is 0 Å². The molecule has 2 fully saturated rings. The Labute approximate surface area is 252 Å². The molecule has 2 aromatic carbocycles. The van der Waals surface area contributed by atoms with Gasteiger partial charge in [-0.1, -0.05) is 42.8 Å². The zero-order valence-corrected chi connectivity index (χ0v) is 24.3. The Kier molecular flexibility index (Phi) is 7.30. The molecule has 0 saturated heterocycles. The number of nitrogens with two attached hydrogens (primary N) is 1. The number of halogens is 5. The first-order valence-electron chi connectivity index (χ1n) is 15.0. The van der Waals surface area contributed by atoms with Crippen molar-refractivity contribution in [2.24, 2.45) is 23.0 Å². The second-order valence-corrected chi connectivity index (χ2v) is 13.0. The van der Waals surface area contributed by atoms with Gasteiger partial charge in [0.05, 0.1) is 0 Å². The van der Waals surface area contributed by atoms with Crippen LogP contribution >= 0.6 is 0 Å². The Bertz CT molecular complexity index is 1560. The first-order valence-corrected chi connectivity index (χ1v) is 15.0. The van der Waals surface area contributed by atoms with E-state index in [2.05, 4.69) is 5.32 Å². The largest absolute Gasteiger partial charge is 0.456 e. The van der Waals surface area contributed by atoms with E-state index < -0.39 is 47.3 Å². The van der Waals surface area contributed by atoms with Crippen LogP contribution < -0.4 is 11.1 Å². The summed E-state index contributed by atoms with van der Waals surface area (Å²) in [6.07, 6.45) is -2.88. The lowest BCUT2D eigenvalue weighted by Crippen LogP contribution is -2.65. The molecule has 4 N–H and O–H groups in total. The highest BCUT2D eigenvalue weighted by molar-refractivity contribution is 5.94. The van der Waals surface area contributed by atoms with Crippen molar-refractivity contribution in [3.8, 4) is 0 Å². The summed E-state index contributed by atoms with van der Waals surface area (Å²) in [5.41, 5.74) is 6.18. The van der Waals surface area contributed by atoms with Gasteiger partial charge in [0.1, 0.15) is 5.60 Å². The molecule has 0 heterocycles. The van der Waals surface area contributed by atoms with Crippen LogP contribution in [0.1, 0.15) is 79.3 Å². The van der Waals surface area contributed by atoms with Crippen molar-refractivity contribution in [3.05, 3.63) is 88.0 Å². The van der Waals surface area contributed by atoms with Crippen LogP contribution in [0.3, 0.4) is 0 Å². The number of hydrogen-bond donors (Lipinski definition) is 3. The summed E-state index contributed by atoms with van der Waals surface area (Å²) >= 11 is 0. The zero-order valence-electron chi connectivity index (χ0n) is 24.3. The highest BCUT2D eigenvalue weighted by Gasteiger charge is 2.79. The molecule has 2 unspecified atom stereocenters. The highest BCUT2D eigenvalue weighted by Crippen LogP contribution is 2.70. The molecule has 5 nitrogen and oxygen atoms in total. The number of rotatable bonds is 6. The minimum absolute atomic E-state index is 0.0401. The number of alkyl halides is 5. The predicted molar refractivity (Wildman–Crippen MR) is 155 cm³/mol. The Morgan fingerprint density at radius 3 is 2.45 bits per heavy atom. The number of amides is 1. The van der Waals surface area contributed by atoms with E-state index in [4.69, 9.17) is 5.73 Å². The number of hydrogen-bond acceptors (Lipinski definition) is 4. The Balaban J connectivity index is 1.37. The van der Waals surface area contributed by atoms with Crippen molar-refractivity contribution < 1.29 is 36.6 Å². The number of anilines is 1. The summed E-state index contributed by atoms with van der Waals surface area (Å²) < 4.78 is 71.7. The molecule has 0 bridgehead atoms. The zero-order chi connectivity index (χ0) is 31.7. The van der Waals surface area contributed by atoms with Crippen LogP contribution in [0.2, 0.25) is 0 Å². The summed E-state index contributed by atoms with van der Waals surface area (Å²) in [4.78, 5) is 23.8. The molecule has 10 heteroatoms. The molecule has 234 valence electrons. The predicted octanol–water partition coefficient (Wildman–Crippen LogP) is 7.23. The topological polar surface area (TPSA) is 92.4 Å². The lowest BCUT2D eigenvalue weighted by Gasteiger charge is -2.56. The molecule has 0 aromatic heterocycles. The van der Waals surface area contributed by atoms with Crippen molar-refractivity contribution >= 4 is 17.4 Å². The van der Waals surface area contributed by atoms with E-state index in [1.807, 2.05) is 24.3 Å². The molecule has 4 aliphatic carbocycles. The molecule has 6 rings (SSSR count). The number of carbonyl (C=O) groups excluding carboxylic acids is 2. The third-order valence-electron chi connectivity index (χ3n) is 10.8. The lowest BCUT2D eigenvalue weighted by molar-refractivity contribution is -0.362. The second-order valence-electron chi connectivity index (χ2n) is 13.0. The van der Waals surface area contributed by atoms with Gasteiger partial charge in [0.15, 0.2) is 5.78 Å². The van der Waals surface area contributed by atoms with Crippen LogP contribution in [-0.4, -0.2) is 34.5 Å². The van der Waals surface area contributed by atoms with E-state index in [0.29, 0.717) is 43.5 Å². The van der Waals surface area contributed by atoms with Gasteiger partial charge < -0.3 is 16.2 Å². The number of carbonyl (C=O) groups is 2. The first-order chi connectivity index (χ1) is 20.7. The molecule has 4 aliphatic rings. The molecule has 1 amide bonds. The molecule has 0 spiro atoms. The standard InChI is InChI=1S/C34H35F5N2O3/c1-31-17-27(20-7-5-19(6-8-20)18-41-23-4-2-3-22(15-23)30(40)43)29-25-12-10-24(42)16-21(25)9-11-26(29)28(31)13-14-32(31,44)33(35,36)34(37,38)39/h2-8,15-16,26-28,41,44H,9-14,17-18H2,1H3,(H2,40,43)/t26?,27-,28?,31+,32+/m1/s1. The van der Waals surface area contributed by atoms with Gasteiger partial charge in [0.25, 0.3) is 0 Å². The molecule has 2 saturated carbocycles. The van der Waals surface area contributed by atoms with E-state index >= 15 is 8.78 Å². The van der Waals surface area contributed by atoms with Crippen LogP contribution in [0.15, 0.2) is 71.3 Å². The monoisotopic (exact) mass is 614 g/mol. The minimum atomic E-state index is -5.88. The van der Waals surface area contributed by atoms with Crippen LogP contribution in [0.25, 0.3) is 0 Å². The molecule has 5 atom stereocenters. The summed E-state index contributed by atoms with van der Waals surface area (Å²) in [6, 6.07) is 14.3. The van der Waals surface area contributed by atoms with E-state index in [1.165, 1.54) is 6.92 Å². The third kappa shape index (κ3) is 4.68. The van der Waals surface area contributed by atoms with Crippen LogP contribution in [-0.2, 0) is 11.3 Å². The number of nitrogens with one attached hydrogen (secondary N) is 1. The van der Waals surface area contributed by atoms with E-state index in [9.17, 15) is 27.9 Å². The Hall–Kier alpha value is -3.53. The van der Waals surface area contributed by atoms with Crippen molar-refractivity contribution in [1.29, 1.82) is 0 Å². The van der Waals surface area contributed by atoms with Crippen molar-refractivity contribution in [1.82, 2.24) is 0 Å². The number of primary amides is 1. The number of aliphatic hydroxyl groups is 1. The summed E-state index contributed by atoms with van der Waals surface area (Å²) in [6.45, 7) is 1.84. The average molecular weight is 615 g/mol. The molecule has 0 radical (unpaired) electrons. The maximum Gasteiger partial charge on any atom is 0.456 e. The summed E-state index contributed by atoms with van der Waals surface area (Å²) in [5, 5.41) is 14.7. The number of ketones is 1. The van der Waals surface area contributed by atoms with E-state index in [-0.39, 0.29) is 24.5 Å². The van der Waals surface area contributed by atoms with Gasteiger partial charge in [-0.15, -0.1) is 0 Å². The van der Waals surface area contributed by atoms with E-state index in [0.717, 1.165) is 27.8 Å². The fourth-order valence-corrected chi connectivity index (χ4v) is 8.57. The number of fused-ring (bicyclic) bond motifs is 4. The maximum atomic E-state index is 15.2. The smallest absolute Gasteiger partial charge is 0.383 e. The fraction of sp³-hybridized carbons (Fsp3) is 0.471. The fourth-order valence-electron chi connectivity index (χ4n) is 8.57. The van der Waals surface area contributed by atoms with Crippen LogP contribution in [0, 0.1) is 17.3 Å². The average Bonchev–Trinajstić information content (AvgIpc) is 3.26. The van der Waals surface area contributed by atoms with Gasteiger partial charge in [-0.2, -0.15) is 22.0 Å². The van der Waals surface area contributed by atoms with Crippen LogP contribution in [0.5, 0.6) is 0 Å². The van der Waals surface area contributed by atoms with Crippen LogP contribution in [0.4, 0.5) is 27.6 Å². The summed E-state index contributed by atoms with van der Waals surface area (Å²) in [7, 11) is 0. The van der Waals surface area contributed by atoms with Crippen molar-refractivity contribution in [2.45, 2.75) is 82.0 Å². The third-order valence-corrected chi connectivity index (χ3v) is 10.8. The van der Waals surface area contributed by atoms with Gasteiger partial charge >= 0.3 is 12.1 Å². The van der Waals surface area contributed by atoms with Gasteiger partial charge in [-0.3, -0.25) is 9.59 Å². The minimum Gasteiger partial charge on any atom is -0.383 e. The lowest BCUT2D eigenvalue weighted by atomic mass is 9.50. The van der Waals surface area contributed by atoms with Gasteiger partial charge in [0, 0.05) is 35.5 Å². The highest BCUT2D eigenvalue weighted by atomic mass is 19.4. The molecule has 0 aliphatic heterocycles. The second kappa shape index (κ2) is 10.5. The number of allylic oxidation sites excluding steroid dienone is 4.